The van der Waals surface area contributed by atoms with Crippen LogP contribution in [0.3, 0.4) is 0 Å². The van der Waals surface area contributed by atoms with Crippen molar-refractivity contribution in [2.75, 3.05) is 0 Å². The number of primary amides is 1. The number of amides is 1. The predicted octanol–water partition coefficient (Wildman–Crippen LogP) is 6.92. The number of pyridine rings is 1. The molecule has 0 bridgehead atoms. The molecule has 0 atom stereocenters. The van der Waals surface area contributed by atoms with E-state index in [2.05, 4.69) is 96.8 Å². The maximum Gasteiger partial charge on any atom is 0.267 e. The first kappa shape index (κ1) is 29.8. The molecule has 7 aromatic rings. The number of Topliss-reactive ketones (excluding diaryl/α,β-unsaturated/α-hetero) is 1. The number of carbonyl (C=O) groups is 2. The summed E-state index contributed by atoms with van der Waals surface area (Å²) in [6.07, 6.45) is 1.52. The molecule has 232 valence electrons. The monoisotopic (exact) mass is 618 g/mol. The van der Waals surface area contributed by atoms with Gasteiger partial charge in [0.25, 0.3) is 5.91 Å². The second-order valence-corrected chi connectivity index (χ2v) is 11.8. The van der Waals surface area contributed by atoms with Gasteiger partial charge in [-0.1, -0.05) is 116 Å². The van der Waals surface area contributed by atoms with Crippen LogP contribution in [0.4, 0.5) is 0 Å². The predicted molar refractivity (Wildman–Crippen MR) is 183 cm³/mol. The number of nitrogens with zero attached hydrogens (tertiary/aromatic N) is 5. The van der Waals surface area contributed by atoms with Crippen LogP contribution in [0.2, 0.25) is 0 Å². The van der Waals surface area contributed by atoms with Crippen LogP contribution >= 0.6 is 0 Å². The first-order chi connectivity index (χ1) is 22.9. The van der Waals surface area contributed by atoms with E-state index >= 15 is 0 Å². The molecule has 0 saturated heterocycles. The molecule has 0 aliphatic heterocycles. The summed E-state index contributed by atoms with van der Waals surface area (Å²) in [4.78, 5) is 29.6. The number of benzene rings is 4. The molecule has 3 aromatic heterocycles. The lowest BCUT2D eigenvalue weighted by Gasteiger charge is -2.36. The molecule has 2 N–H and O–H groups in total. The molecule has 4 aromatic carbocycles. The third-order valence-corrected chi connectivity index (χ3v) is 8.85. The van der Waals surface area contributed by atoms with Gasteiger partial charge in [-0.3, -0.25) is 9.59 Å². The molecule has 7 rings (SSSR count). The lowest BCUT2D eigenvalue weighted by atomic mass is 9.77. The van der Waals surface area contributed by atoms with Gasteiger partial charge in [-0.05, 0) is 59.9 Å². The lowest BCUT2D eigenvalue weighted by Crippen LogP contribution is -2.38. The Morgan fingerprint density at radius 3 is 1.91 bits per heavy atom. The zero-order valence-electron chi connectivity index (χ0n) is 26.3. The van der Waals surface area contributed by atoms with Crippen LogP contribution in [0.1, 0.15) is 69.1 Å². The maximum atomic E-state index is 12.9. The fourth-order valence-electron chi connectivity index (χ4n) is 6.87. The van der Waals surface area contributed by atoms with Gasteiger partial charge in [-0.2, -0.15) is 0 Å². The van der Waals surface area contributed by atoms with Crippen molar-refractivity contribution in [2.45, 2.75) is 38.8 Å². The Kier molecular flexibility index (Phi) is 7.69. The Morgan fingerprint density at radius 1 is 0.787 bits per heavy atom. The highest BCUT2D eigenvalue weighted by Crippen LogP contribution is 2.42. The summed E-state index contributed by atoms with van der Waals surface area (Å²) in [7, 11) is 0. The van der Waals surface area contributed by atoms with Crippen molar-refractivity contribution < 1.29 is 9.59 Å². The Balaban J connectivity index is 1.42. The molecule has 47 heavy (non-hydrogen) atoms. The van der Waals surface area contributed by atoms with Gasteiger partial charge in [0.05, 0.1) is 5.52 Å². The maximum absolute atomic E-state index is 12.9. The van der Waals surface area contributed by atoms with E-state index in [0.717, 1.165) is 50.8 Å². The standard InChI is InChI=1S/C39H34N6O2/c1-3-13-35-36(26(2)46)31-21-22-32(37(40)47)41-38(31)44(35)25-27-20-23-34-33(24-27)42-43-45(34)39(28-14-7-4-8-15-28,29-16-9-5-10-17-29)30-18-11-6-12-19-30/h4-12,14-24H,3,13,25H2,1-2H3,(H2,40,47). The molecule has 0 unspecified atom stereocenters. The zero-order chi connectivity index (χ0) is 32.5. The quantitative estimate of drug-likeness (QED) is 0.132. The summed E-state index contributed by atoms with van der Waals surface area (Å²) < 4.78 is 4.06. The Hall–Kier alpha value is -5.89. The summed E-state index contributed by atoms with van der Waals surface area (Å²) in [6.45, 7) is 4.08. The fourth-order valence-corrected chi connectivity index (χ4v) is 6.87. The smallest absolute Gasteiger partial charge is 0.267 e. The van der Waals surface area contributed by atoms with Gasteiger partial charge in [0, 0.05) is 23.2 Å². The number of aromatic nitrogens is 5. The summed E-state index contributed by atoms with van der Waals surface area (Å²) in [5.74, 6) is -0.652. The van der Waals surface area contributed by atoms with E-state index in [9.17, 15) is 9.59 Å². The zero-order valence-corrected chi connectivity index (χ0v) is 26.3. The molecule has 0 saturated carbocycles. The second kappa shape index (κ2) is 12.1. The Bertz CT molecular complexity index is 2140. The highest BCUT2D eigenvalue weighted by molar-refractivity contribution is 6.08. The molecule has 1 amide bonds. The number of hydrogen-bond acceptors (Lipinski definition) is 5. The van der Waals surface area contributed by atoms with E-state index in [1.807, 2.05) is 33.5 Å². The summed E-state index contributed by atoms with van der Waals surface area (Å²) >= 11 is 0. The van der Waals surface area contributed by atoms with E-state index < -0.39 is 11.4 Å². The lowest BCUT2D eigenvalue weighted by molar-refractivity contribution is 0.0993. The van der Waals surface area contributed by atoms with Crippen molar-refractivity contribution in [1.29, 1.82) is 0 Å². The average molecular weight is 619 g/mol. The number of carbonyl (C=O) groups excluding carboxylic acids is 2. The Labute approximate surface area is 272 Å². The average Bonchev–Trinajstić information content (AvgIpc) is 3.65. The molecule has 0 radical (unpaired) electrons. The Morgan fingerprint density at radius 2 is 1.38 bits per heavy atom. The molecule has 8 heteroatoms. The molecule has 0 fully saturated rings. The van der Waals surface area contributed by atoms with Crippen LogP contribution in [0.5, 0.6) is 0 Å². The van der Waals surface area contributed by atoms with Crippen LogP contribution in [-0.2, 0) is 18.5 Å². The van der Waals surface area contributed by atoms with Crippen molar-refractivity contribution in [3.8, 4) is 0 Å². The van der Waals surface area contributed by atoms with E-state index in [0.29, 0.717) is 24.2 Å². The largest absolute Gasteiger partial charge is 0.364 e. The van der Waals surface area contributed by atoms with Crippen LogP contribution in [0.25, 0.3) is 22.1 Å². The van der Waals surface area contributed by atoms with Gasteiger partial charge in [0.15, 0.2) is 5.78 Å². The number of nitrogens with two attached hydrogens (primary N) is 1. The van der Waals surface area contributed by atoms with E-state index in [-0.39, 0.29) is 11.5 Å². The summed E-state index contributed by atoms with van der Waals surface area (Å²) in [6, 6.07) is 40.7. The van der Waals surface area contributed by atoms with Crippen molar-refractivity contribution in [1.82, 2.24) is 24.5 Å². The van der Waals surface area contributed by atoms with Crippen molar-refractivity contribution in [2.24, 2.45) is 5.73 Å². The topological polar surface area (TPSA) is 109 Å². The fraction of sp³-hybridized carbons (Fsp3) is 0.154. The van der Waals surface area contributed by atoms with Gasteiger partial charge in [0.1, 0.15) is 22.4 Å². The normalized spacial score (nSPS) is 11.7. The van der Waals surface area contributed by atoms with Crippen molar-refractivity contribution in [3.05, 3.63) is 161 Å². The molecule has 0 spiro atoms. The number of rotatable bonds is 10. The molecule has 0 aliphatic rings. The van der Waals surface area contributed by atoms with Crippen molar-refractivity contribution in [3.63, 3.8) is 0 Å². The van der Waals surface area contributed by atoms with Crippen molar-refractivity contribution >= 4 is 33.8 Å². The third-order valence-electron chi connectivity index (χ3n) is 8.85. The summed E-state index contributed by atoms with van der Waals surface area (Å²) in [5.41, 5.74) is 12.8. The minimum Gasteiger partial charge on any atom is -0.364 e. The second-order valence-electron chi connectivity index (χ2n) is 11.8. The van der Waals surface area contributed by atoms with E-state index in [1.54, 1.807) is 19.1 Å². The minimum atomic E-state index is -0.795. The van der Waals surface area contributed by atoms with Crippen LogP contribution in [0, 0.1) is 0 Å². The molecular weight excluding hydrogens is 584 g/mol. The first-order valence-corrected chi connectivity index (χ1v) is 15.8. The number of ketones is 1. The molecule has 8 nitrogen and oxygen atoms in total. The van der Waals surface area contributed by atoms with Crippen LogP contribution < -0.4 is 5.73 Å². The first-order valence-electron chi connectivity index (χ1n) is 15.8. The van der Waals surface area contributed by atoms with Crippen LogP contribution in [-0.4, -0.2) is 36.2 Å². The molecule has 3 heterocycles. The number of hydrogen-bond donors (Lipinski definition) is 1. The van der Waals surface area contributed by atoms with Gasteiger partial charge in [-0.15, -0.1) is 5.10 Å². The van der Waals surface area contributed by atoms with Gasteiger partial charge in [0.2, 0.25) is 0 Å². The number of fused-ring (bicyclic) bond motifs is 2. The highest BCUT2D eigenvalue weighted by atomic mass is 16.1. The third kappa shape index (κ3) is 4.98. The van der Waals surface area contributed by atoms with E-state index in [1.165, 1.54) is 0 Å². The highest BCUT2D eigenvalue weighted by Gasteiger charge is 2.40. The van der Waals surface area contributed by atoms with Crippen LogP contribution in [0.15, 0.2) is 121 Å². The van der Waals surface area contributed by atoms with Gasteiger partial charge >= 0.3 is 0 Å². The van der Waals surface area contributed by atoms with Gasteiger partial charge in [-0.25, -0.2) is 9.67 Å². The molecular formula is C39H34N6O2. The minimum absolute atomic E-state index is 0.0386. The summed E-state index contributed by atoms with van der Waals surface area (Å²) in [5, 5.41) is 10.3. The molecule has 0 aliphatic carbocycles. The van der Waals surface area contributed by atoms with E-state index in [4.69, 9.17) is 16.0 Å². The van der Waals surface area contributed by atoms with Gasteiger partial charge < -0.3 is 10.3 Å². The SMILES string of the molecule is CCCc1c(C(C)=O)c2ccc(C(N)=O)nc2n1Cc1ccc2c(c1)nnn2C(c1ccccc1)(c1ccccc1)c1ccccc1.